The molecule has 1 fully saturated rings. The molecule has 1 amide bonds. The number of aromatic nitrogens is 3. The molecule has 2 aromatic rings. The van der Waals surface area contributed by atoms with Gasteiger partial charge >= 0.3 is 35.6 Å². The fraction of sp³-hybridized carbons (Fsp3) is 0.583. The van der Waals surface area contributed by atoms with Crippen LogP contribution in [0.25, 0.3) is 11.0 Å². The third-order valence-corrected chi connectivity index (χ3v) is 12.6. The average Bonchev–Trinajstić information content (AvgIpc) is 3.53. The molecule has 5 N–H and O–H groups in total. The molecule has 0 bridgehead atoms. The van der Waals surface area contributed by atoms with E-state index in [2.05, 4.69) is 35.4 Å². The maximum atomic E-state index is 12.6. The number of halogens is 3. The quantitative estimate of drug-likeness (QED) is 0.0325. The van der Waals surface area contributed by atoms with Crippen LogP contribution in [0.4, 0.5) is 19.0 Å². The van der Waals surface area contributed by atoms with Gasteiger partial charge in [0, 0.05) is 31.5 Å². The number of rotatable bonds is 15. The van der Waals surface area contributed by atoms with E-state index < -0.39 is 67.1 Å². The predicted molar refractivity (Wildman–Crippen MR) is 178 cm³/mol. The van der Waals surface area contributed by atoms with E-state index in [4.69, 9.17) is 23.8 Å². The average molecular weight is 829 g/mol. The van der Waals surface area contributed by atoms with Gasteiger partial charge in [0.15, 0.2) is 5.82 Å². The van der Waals surface area contributed by atoms with E-state index in [1.165, 1.54) is 45.0 Å². The number of carbonyl (C=O) groups is 1. The number of nitrogens with one attached hydrogen (secondary N) is 1. The largest absolute Gasteiger partial charge is 0.490 e. The second-order valence-electron chi connectivity index (χ2n) is 11.4. The highest BCUT2D eigenvalue weighted by Gasteiger charge is 2.44. The lowest BCUT2D eigenvalue weighted by Gasteiger charge is -2.22. The SMILES string of the molecule is CN(C)C=Nc1ncnc2c1c(C#CCNC(=O)C(F)(F)F)cn2[C@H]1CC(OCSSC(C)(C)C)[C@@H](COP(=O)(O)OP(=O)(O)OP(=O)(O)O)O1. The Kier molecular flexibility index (Phi) is 14.8. The van der Waals surface area contributed by atoms with Crippen molar-refractivity contribution in [2.45, 2.75) is 56.6 Å². The van der Waals surface area contributed by atoms with Crippen molar-refractivity contribution in [2.75, 3.05) is 33.2 Å². The fourth-order valence-corrected chi connectivity index (χ4v) is 9.03. The normalized spacial score (nSPS) is 20.9. The summed E-state index contributed by atoms with van der Waals surface area (Å²) in [5.74, 6) is 3.19. The molecule has 27 heteroatoms. The molecule has 2 aromatic heterocycles. The summed E-state index contributed by atoms with van der Waals surface area (Å²) in [6, 6.07) is 0. The van der Waals surface area contributed by atoms with E-state index in [9.17, 15) is 41.4 Å². The van der Waals surface area contributed by atoms with Crippen molar-refractivity contribution in [3.8, 4) is 11.8 Å². The van der Waals surface area contributed by atoms with Gasteiger partial charge in [0.05, 0.1) is 36.5 Å². The number of hydrogen-bond donors (Lipinski definition) is 5. The summed E-state index contributed by atoms with van der Waals surface area (Å²) >= 11 is 0. The molecule has 0 aromatic carbocycles. The van der Waals surface area contributed by atoms with Crippen LogP contribution in [0.2, 0.25) is 0 Å². The predicted octanol–water partition coefficient (Wildman–Crippen LogP) is 3.84. The molecule has 0 radical (unpaired) electrons. The van der Waals surface area contributed by atoms with Gasteiger partial charge in [0.1, 0.15) is 30.2 Å². The number of phosphoric ester groups is 1. The Bertz CT molecular complexity index is 1790. The Morgan fingerprint density at radius 1 is 1.18 bits per heavy atom. The molecular weight excluding hydrogens is 794 g/mol. The highest BCUT2D eigenvalue weighted by Crippen LogP contribution is 2.66. The number of carbonyl (C=O) groups excluding carboxylic acids is 1. The summed E-state index contributed by atoms with van der Waals surface area (Å²) in [5, 5.41) is 1.91. The van der Waals surface area contributed by atoms with E-state index in [1.807, 2.05) is 20.8 Å². The number of ether oxygens (including phenoxy) is 2. The number of fused-ring (bicyclic) bond motifs is 1. The Labute approximate surface area is 296 Å². The zero-order valence-electron chi connectivity index (χ0n) is 27.3. The first-order valence-corrected chi connectivity index (χ1v) is 21.0. The first-order valence-electron chi connectivity index (χ1n) is 14.1. The first-order chi connectivity index (χ1) is 23.4. The standard InChI is InChI=1S/C24H34F3N6O13P3S2/c1-23(2,3)51-50-14-42-16-9-18(44-17(16)11-43-48(38,39)46-49(40,41)45-47(35,36)37)33-10-15(7-6-8-28-22(34)24(25,26)27)19-20(31-13-32(4)5)29-12-30-21(19)33/h10,12-13,16-18H,8-9,11,14H2,1-5H3,(H,28,34)(H,38,39)(H,40,41)(H2,35,36,37)/t16?,17-,18-/m1/s1. The van der Waals surface area contributed by atoms with Crippen molar-refractivity contribution in [1.29, 1.82) is 0 Å². The van der Waals surface area contributed by atoms with E-state index in [0.717, 1.165) is 0 Å². The highest BCUT2D eigenvalue weighted by molar-refractivity contribution is 8.77. The second-order valence-corrected chi connectivity index (χ2v) is 18.9. The summed E-state index contributed by atoms with van der Waals surface area (Å²) in [4.78, 5) is 62.7. The van der Waals surface area contributed by atoms with Crippen molar-refractivity contribution in [3.05, 3.63) is 18.1 Å². The van der Waals surface area contributed by atoms with Crippen molar-refractivity contribution < 1.29 is 73.9 Å². The lowest BCUT2D eigenvalue weighted by atomic mass is 10.2. The minimum atomic E-state index is -5.78. The van der Waals surface area contributed by atoms with Crippen molar-refractivity contribution in [1.82, 2.24) is 24.8 Å². The number of phosphoric acid groups is 3. The molecule has 5 atom stereocenters. The Morgan fingerprint density at radius 3 is 2.47 bits per heavy atom. The van der Waals surface area contributed by atoms with Gasteiger partial charge in [-0.05, 0) is 0 Å². The first kappa shape index (κ1) is 43.3. The topological polar surface area (TPSA) is 254 Å². The number of amides is 1. The molecule has 286 valence electrons. The van der Waals surface area contributed by atoms with Gasteiger partial charge in [-0.2, -0.15) is 21.8 Å². The smallest absolute Gasteiger partial charge is 0.369 e. The number of hydrogen-bond acceptors (Lipinski definition) is 14. The maximum Gasteiger partial charge on any atom is 0.490 e. The third kappa shape index (κ3) is 14.4. The molecule has 1 aliphatic rings. The van der Waals surface area contributed by atoms with Crippen LogP contribution in [0.3, 0.4) is 0 Å². The molecule has 3 heterocycles. The second kappa shape index (κ2) is 17.4. The van der Waals surface area contributed by atoms with Gasteiger partial charge in [0.2, 0.25) is 0 Å². The van der Waals surface area contributed by atoms with Crippen molar-refractivity contribution >= 4 is 74.2 Å². The minimum absolute atomic E-state index is 0.0454. The van der Waals surface area contributed by atoms with Crippen LogP contribution in [0.5, 0.6) is 0 Å². The Balaban J connectivity index is 1.95. The van der Waals surface area contributed by atoms with Crippen LogP contribution in [0.15, 0.2) is 17.5 Å². The molecule has 0 saturated carbocycles. The summed E-state index contributed by atoms with van der Waals surface area (Å²) in [6.07, 6.45) is -3.99. The fourth-order valence-electron chi connectivity index (χ4n) is 4.00. The van der Waals surface area contributed by atoms with Crippen molar-refractivity contribution in [3.63, 3.8) is 0 Å². The van der Waals surface area contributed by atoms with E-state index >= 15 is 0 Å². The van der Waals surface area contributed by atoms with Gasteiger partial charge in [-0.1, -0.05) is 54.2 Å². The summed E-state index contributed by atoms with van der Waals surface area (Å²) < 4.78 is 98.9. The lowest BCUT2D eigenvalue weighted by Crippen LogP contribution is -2.36. The van der Waals surface area contributed by atoms with Crippen LogP contribution >= 0.6 is 45.1 Å². The van der Waals surface area contributed by atoms with Crippen molar-refractivity contribution in [2.24, 2.45) is 4.99 Å². The summed E-state index contributed by atoms with van der Waals surface area (Å²) in [6.45, 7) is 4.47. The Hall–Kier alpha value is -2.06. The monoisotopic (exact) mass is 828 g/mol. The van der Waals surface area contributed by atoms with Gasteiger partial charge < -0.3 is 43.8 Å². The number of alkyl halides is 3. The molecule has 3 unspecified atom stereocenters. The zero-order chi connectivity index (χ0) is 38.4. The molecule has 3 rings (SSSR count). The van der Waals surface area contributed by atoms with Gasteiger partial charge in [0.25, 0.3) is 0 Å². The van der Waals surface area contributed by atoms with Gasteiger partial charge in [-0.3, -0.25) is 9.32 Å². The van der Waals surface area contributed by atoms with Crippen LogP contribution in [0, 0.1) is 11.8 Å². The minimum Gasteiger partial charge on any atom is -0.369 e. The number of aliphatic imine (C=N–C) groups is 1. The van der Waals surface area contributed by atoms with Crippen LogP contribution in [0.1, 0.15) is 39.0 Å². The van der Waals surface area contributed by atoms with E-state index in [-0.39, 0.29) is 39.5 Å². The van der Waals surface area contributed by atoms with E-state index in [1.54, 1.807) is 24.3 Å². The summed E-state index contributed by atoms with van der Waals surface area (Å²) in [7, 11) is -10.6. The highest BCUT2D eigenvalue weighted by atomic mass is 33.1. The van der Waals surface area contributed by atoms with Crippen LogP contribution < -0.4 is 5.32 Å². The maximum absolute atomic E-state index is 12.6. The Morgan fingerprint density at radius 2 is 1.86 bits per heavy atom. The van der Waals surface area contributed by atoms with Crippen LogP contribution in [-0.2, 0) is 41.1 Å². The van der Waals surface area contributed by atoms with Gasteiger partial charge in [-0.25, -0.2) is 28.7 Å². The zero-order valence-corrected chi connectivity index (χ0v) is 31.6. The molecule has 19 nitrogen and oxygen atoms in total. The molecule has 1 saturated heterocycles. The third-order valence-electron chi connectivity index (χ3n) is 5.77. The number of nitrogens with zero attached hydrogens (tertiary/aromatic N) is 5. The van der Waals surface area contributed by atoms with E-state index in [0.29, 0.717) is 0 Å². The molecular formula is C24H34F3N6O13P3S2. The van der Waals surface area contributed by atoms with Crippen LogP contribution in [-0.4, -0.2) is 108 Å². The van der Waals surface area contributed by atoms with Gasteiger partial charge in [-0.15, -0.1) is 0 Å². The molecule has 51 heavy (non-hydrogen) atoms. The molecule has 0 spiro atoms. The molecule has 1 aliphatic heterocycles. The molecule has 0 aliphatic carbocycles. The lowest BCUT2D eigenvalue weighted by molar-refractivity contribution is -0.173. The summed E-state index contributed by atoms with van der Waals surface area (Å²) in [5.41, 5.74) is 0.391.